The summed E-state index contributed by atoms with van der Waals surface area (Å²) in [4.78, 5) is 18.5. The van der Waals surface area contributed by atoms with Crippen molar-refractivity contribution in [2.75, 3.05) is 26.7 Å². The highest BCUT2D eigenvalue weighted by atomic mass is 16.5. The molecular formula is C26H32N4O2. The second-order valence-corrected chi connectivity index (χ2v) is 9.90. The van der Waals surface area contributed by atoms with Crippen molar-refractivity contribution < 1.29 is 9.53 Å². The summed E-state index contributed by atoms with van der Waals surface area (Å²) in [7, 11) is 1.66. The van der Waals surface area contributed by atoms with Crippen LogP contribution in [-0.4, -0.2) is 64.7 Å². The first kappa shape index (κ1) is 20.0. The predicted octanol–water partition coefficient (Wildman–Crippen LogP) is 4.12. The van der Waals surface area contributed by atoms with Gasteiger partial charge in [0.05, 0.1) is 18.8 Å². The Morgan fingerprint density at radius 1 is 1.16 bits per heavy atom. The lowest BCUT2D eigenvalue weighted by atomic mass is 9.68. The molecule has 2 aromatic rings. The van der Waals surface area contributed by atoms with Crippen LogP contribution >= 0.6 is 0 Å². The van der Waals surface area contributed by atoms with Gasteiger partial charge in [-0.05, 0) is 80.8 Å². The van der Waals surface area contributed by atoms with Gasteiger partial charge in [-0.2, -0.15) is 5.10 Å². The first-order valence-electron chi connectivity index (χ1n) is 12.2. The number of carbonyl (C=O) groups excluding carboxylic acids is 1. The van der Waals surface area contributed by atoms with Gasteiger partial charge < -0.3 is 9.64 Å². The monoisotopic (exact) mass is 432 g/mol. The number of ether oxygens (including phenoxy) is 1. The van der Waals surface area contributed by atoms with E-state index in [0.29, 0.717) is 17.5 Å². The van der Waals surface area contributed by atoms with Crippen LogP contribution in [0.1, 0.15) is 49.0 Å². The van der Waals surface area contributed by atoms with E-state index in [1.165, 1.54) is 37.8 Å². The van der Waals surface area contributed by atoms with Crippen LogP contribution in [0.3, 0.4) is 0 Å². The van der Waals surface area contributed by atoms with Crippen molar-refractivity contribution in [3.8, 4) is 17.0 Å². The first-order valence-corrected chi connectivity index (χ1v) is 12.2. The Labute approximate surface area is 189 Å². The molecule has 1 aromatic heterocycles. The van der Waals surface area contributed by atoms with Crippen molar-refractivity contribution in [3.63, 3.8) is 0 Å². The lowest BCUT2D eigenvalue weighted by Crippen LogP contribution is -2.60. The van der Waals surface area contributed by atoms with Gasteiger partial charge >= 0.3 is 0 Å². The molecule has 4 heterocycles. The molecule has 4 atom stereocenters. The molecule has 1 amide bonds. The summed E-state index contributed by atoms with van der Waals surface area (Å²) < 4.78 is 5.25. The van der Waals surface area contributed by atoms with Gasteiger partial charge in [0, 0.05) is 24.7 Å². The molecule has 0 radical (unpaired) electrons. The number of hydrogen-bond donors (Lipinski definition) is 1. The standard InChI is InChI=1S/C26H32N4O2/c1-32-21-9-7-17(8-10-21)22-15-23(28-27-22)26(31)30-12-4-5-18-13-19-14-20(25(18)30)16-29-11-3-2-6-24(19)29/h7-10,13,15,19-20,24-25H,2-6,11-12,14,16H2,1H3,(H,27,28)/t19-,20-,24+,25+/m0/s1. The number of benzene rings is 1. The highest BCUT2D eigenvalue weighted by Crippen LogP contribution is 2.45. The van der Waals surface area contributed by atoms with E-state index in [2.05, 4.69) is 26.1 Å². The Bertz CT molecular complexity index is 1030. The third-order valence-electron chi connectivity index (χ3n) is 8.11. The van der Waals surface area contributed by atoms with Crippen LogP contribution < -0.4 is 4.74 Å². The molecule has 3 saturated heterocycles. The molecule has 3 fully saturated rings. The van der Waals surface area contributed by atoms with Gasteiger partial charge in [0.2, 0.25) is 0 Å². The molecular weight excluding hydrogens is 400 g/mol. The van der Waals surface area contributed by atoms with Crippen LogP contribution in [0.25, 0.3) is 11.3 Å². The lowest BCUT2D eigenvalue weighted by Gasteiger charge is -2.54. The second kappa shape index (κ2) is 8.07. The number of nitrogens with zero attached hydrogens (tertiary/aromatic N) is 3. The van der Waals surface area contributed by atoms with Crippen molar-refractivity contribution in [3.05, 3.63) is 47.7 Å². The number of H-pyrrole nitrogens is 1. The predicted molar refractivity (Wildman–Crippen MR) is 124 cm³/mol. The molecule has 2 bridgehead atoms. The fraction of sp³-hybridized carbons (Fsp3) is 0.538. The van der Waals surface area contributed by atoms with E-state index in [1.807, 2.05) is 30.3 Å². The average Bonchev–Trinajstić information content (AvgIpc) is 3.34. The number of likely N-dealkylation sites (tertiary alicyclic amines) is 1. The molecule has 6 nitrogen and oxygen atoms in total. The van der Waals surface area contributed by atoms with Crippen LogP contribution in [0.4, 0.5) is 0 Å². The van der Waals surface area contributed by atoms with Gasteiger partial charge in [-0.1, -0.05) is 18.1 Å². The minimum absolute atomic E-state index is 0.0899. The summed E-state index contributed by atoms with van der Waals surface area (Å²) >= 11 is 0. The van der Waals surface area contributed by atoms with Crippen molar-refractivity contribution in [1.29, 1.82) is 0 Å². The number of amides is 1. The van der Waals surface area contributed by atoms with Gasteiger partial charge in [0.15, 0.2) is 0 Å². The lowest BCUT2D eigenvalue weighted by molar-refractivity contribution is 0.00131. The molecule has 3 aliphatic heterocycles. The van der Waals surface area contributed by atoms with Crippen LogP contribution in [0.5, 0.6) is 5.75 Å². The molecule has 6 heteroatoms. The van der Waals surface area contributed by atoms with Crippen molar-refractivity contribution >= 4 is 5.91 Å². The molecule has 6 rings (SSSR count). The van der Waals surface area contributed by atoms with Gasteiger partial charge in [0.25, 0.3) is 5.91 Å². The molecule has 32 heavy (non-hydrogen) atoms. The number of rotatable bonds is 3. The molecule has 1 aliphatic carbocycles. The largest absolute Gasteiger partial charge is 0.497 e. The Morgan fingerprint density at radius 3 is 2.88 bits per heavy atom. The Balaban J connectivity index is 1.25. The maximum absolute atomic E-state index is 13.6. The number of nitrogens with one attached hydrogen (secondary N) is 1. The van der Waals surface area contributed by atoms with Crippen LogP contribution in [-0.2, 0) is 0 Å². The molecule has 0 unspecified atom stereocenters. The normalized spacial score (nSPS) is 29.7. The van der Waals surface area contributed by atoms with Gasteiger partial charge in [-0.25, -0.2) is 0 Å². The second-order valence-electron chi connectivity index (χ2n) is 9.90. The van der Waals surface area contributed by atoms with E-state index in [4.69, 9.17) is 4.74 Å². The van der Waals surface area contributed by atoms with E-state index in [1.54, 1.807) is 7.11 Å². The van der Waals surface area contributed by atoms with Crippen molar-refractivity contribution in [2.45, 2.75) is 50.6 Å². The maximum atomic E-state index is 13.6. The van der Waals surface area contributed by atoms with E-state index < -0.39 is 0 Å². The van der Waals surface area contributed by atoms with Crippen LogP contribution in [0.15, 0.2) is 42.0 Å². The summed E-state index contributed by atoms with van der Waals surface area (Å²) in [5.74, 6) is 2.14. The van der Waals surface area contributed by atoms with Crippen LogP contribution in [0.2, 0.25) is 0 Å². The van der Waals surface area contributed by atoms with E-state index in [-0.39, 0.29) is 11.9 Å². The van der Waals surface area contributed by atoms with Crippen LogP contribution in [0, 0.1) is 11.8 Å². The molecule has 4 aliphatic rings. The van der Waals surface area contributed by atoms with Crippen molar-refractivity contribution in [1.82, 2.24) is 20.0 Å². The number of aromatic amines is 1. The van der Waals surface area contributed by atoms with Gasteiger partial charge in [-0.15, -0.1) is 0 Å². The zero-order valence-corrected chi connectivity index (χ0v) is 18.8. The summed E-state index contributed by atoms with van der Waals surface area (Å²) in [6, 6.07) is 10.7. The quantitative estimate of drug-likeness (QED) is 0.741. The number of hydrogen-bond acceptors (Lipinski definition) is 4. The van der Waals surface area contributed by atoms with E-state index >= 15 is 0 Å². The third kappa shape index (κ3) is 3.36. The average molecular weight is 433 g/mol. The summed E-state index contributed by atoms with van der Waals surface area (Å²) in [6.45, 7) is 3.21. The van der Waals surface area contributed by atoms with Gasteiger partial charge in [-0.3, -0.25) is 14.8 Å². The topological polar surface area (TPSA) is 61.5 Å². The van der Waals surface area contributed by atoms with E-state index in [0.717, 1.165) is 49.0 Å². The summed E-state index contributed by atoms with van der Waals surface area (Å²) in [5, 5.41) is 7.47. The first-order chi connectivity index (χ1) is 15.7. The summed E-state index contributed by atoms with van der Waals surface area (Å²) in [5.41, 5.74) is 3.88. The minimum atomic E-state index is 0.0899. The number of fused-ring (bicyclic) bond motifs is 6. The fourth-order valence-corrected chi connectivity index (χ4v) is 6.70. The summed E-state index contributed by atoms with van der Waals surface area (Å²) in [6.07, 6.45) is 10.0. The maximum Gasteiger partial charge on any atom is 0.272 e. The minimum Gasteiger partial charge on any atom is -0.497 e. The molecule has 0 saturated carbocycles. The van der Waals surface area contributed by atoms with Crippen molar-refractivity contribution in [2.24, 2.45) is 11.8 Å². The molecule has 1 N–H and O–H groups in total. The number of methoxy groups -OCH3 is 1. The molecule has 168 valence electrons. The number of piperidine rings is 3. The molecule has 0 spiro atoms. The SMILES string of the molecule is COc1ccc(-c2cc(C(=O)N3CCCC4=C[C@H]5C[C@@H](CN6CCCC[C@H]56)[C@@H]43)[nH]n2)cc1. The third-order valence-corrected chi connectivity index (χ3v) is 8.11. The number of carbonyl (C=O) groups is 1. The number of aromatic nitrogens is 2. The Hall–Kier alpha value is -2.60. The van der Waals surface area contributed by atoms with E-state index in [9.17, 15) is 4.79 Å². The Kier molecular flexibility index (Phi) is 5.05. The smallest absolute Gasteiger partial charge is 0.272 e. The fourth-order valence-electron chi connectivity index (χ4n) is 6.70. The Morgan fingerprint density at radius 2 is 2.03 bits per heavy atom. The van der Waals surface area contributed by atoms with Gasteiger partial charge in [0.1, 0.15) is 11.4 Å². The zero-order valence-electron chi connectivity index (χ0n) is 18.8. The zero-order chi connectivity index (χ0) is 21.7. The highest BCUT2D eigenvalue weighted by molar-refractivity contribution is 5.94. The molecule has 1 aromatic carbocycles. The highest BCUT2D eigenvalue weighted by Gasteiger charge is 2.47.